The van der Waals surface area contributed by atoms with E-state index >= 15 is 0 Å². The van der Waals surface area contributed by atoms with Gasteiger partial charge >= 0.3 is 0 Å². The first-order valence-electron chi connectivity index (χ1n) is 12.4. The highest BCUT2D eigenvalue weighted by molar-refractivity contribution is 7.19. The summed E-state index contributed by atoms with van der Waals surface area (Å²) in [4.78, 5) is 23.0. The van der Waals surface area contributed by atoms with Crippen LogP contribution in [-0.2, 0) is 16.0 Å². The van der Waals surface area contributed by atoms with Gasteiger partial charge in [-0.15, -0.1) is 11.3 Å². The summed E-state index contributed by atoms with van der Waals surface area (Å²) in [7, 11) is 0. The van der Waals surface area contributed by atoms with Crippen LogP contribution in [0, 0.1) is 6.92 Å². The van der Waals surface area contributed by atoms with Crippen LogP contribution in [0.15, 0.2) is 30.5 Å². The van der Waals surface area contributed by atoms with Gasteiger partial charge in [-0.3, -0.25) is 9.78 Å². The van der Waals surface area contributed by atoms with E-state index in [0.717, 1.165) is 55.5 Å². The highest BCUT2D eigenvalue weighted by atomic mass is 32.1. The number of benzene rings is 2. The van der Waals surface area contributed by atoms with E-state index in [4.69, 9.17) is 19.4 Å². The molecule has 0 amide bonds. The topological polar surface area (TPSA) is 61.3 Å². The molecule has 35 heavy (non-hydrogen) atoms. The Morgan fingerprint density at radius 3 is 2.74 bits per heavy atom. The molecule has 0 spiro atoms. The van der Waals surface area contributed by atoms with Crippen LogP contribution in [-0.4, -0.2) is 28.0 Å². The third-order valence-corrected chi connectivity index (χ3v) is 8.06. The minimum Gasteiger partial charge on any atom is -0.493 e. The predicted molar refractivity (Wildman–Crippen MR) is 141 cm³/mol. The smallest absolute Gasteiger partial charge is 0.163 e. The Morgan fingerprint density at radius 1 is 1.23 bits per heavy atom. The Bertz CT molecular complexity index is 1480. The van der Waals surface area contributed by atoms with Crippen LogP contribution in [0.3, 0.4) is 0 Å². The Hall–Kier alpha value is -2.83. The maximum atomic E-state index is 13.1. The van der Waals surface area contributed by atoms with Crippen LogP contribution in [0.1, 0.15) is 74.3 Å². The molecule has 0 unspecified atom stereocenters. The number of aromatic nitrogens is 2. The van der Waals surface area contributed by atoms with E-state index in [1.54, 1.807) is 18.3 Å². The van der Waals surface area contributed by atoms with Crippen molar-refractivity contribution in [1.82, 2.24) is 9.97 Å². The largest absolute Gasteiger partial charge is 0.493 e. The number of ketones is 1. The van der Waals surface area contributed by atoms with Crippen molar-refractivity contribution in [3.05, 3.63) is 52.2 Å². The van der Waals surface area contributed by atoms with Gasteiger partial charge in [0.05, 0.1) is 32.9 Å². The molecule has 5 nitrogen and oxygen atoms in total. The van der Waals surface area contributed by atoms with E-state index in [-0.39, 0.29) is 5.78 Å². The van der Waals surface area contributed by atoms with Gasteiger partial charge in [-0.25, -0.2) is 4.98 Å². The standard InChI is InChI=1S/C29H30N2O3S/c1-15-14-20-27(35-28(31-20)18-6-7-18)24(22(15)26(16(2)32)34-29(3,4)5)19-8-9-21-23-17(11-13-33-21)10-12-30-25(19)23/h8-10,12,14,18,26H,6-7,11,13H2,1-5H3/t26-/m1/s1. The van der Waals surface area contributed by atoms with Gasteiger partial charge in [-0.1, -0.05) is 0 Å². The molecular weight excluding hydrogens is 456 g/mol. The van der Waals surface area contributed by atoms with Crippen LogP contribution in [0.4, 0.5) is 0 Å². The van der Waals surface area contributed by atoms with E-state index in [1.165, 1.54) is 23.4 Å². The van der Waals surface area contributed by atoms with Crippen LogP contribution in [0.2, 0.25) is 0 Å². The minimum absolute atomic E-state index is 0.00502. The van der Waals surface area contributed by atoms with Crippen LogP contribution >= 0.6 is 11.3 Å². The molecule has 1 aliphatic carbocycles. The van der Waals surface area contributed by atoms with Crippen molar-refractivity contribution < 1.29 is 14.3 Å². The number of carbonyl (C=O) groups is 1. The Kier molecular flexibility index (Phi) is 5.24. The van der Waals surface area contributed by atoms with Crippen molar-refractivity contribution >= 4 is 38.2 Å². The van der Waals surface area contributed by atoms with Crippen molar-refractivity contribution in [1.29, 1.82) is 0 Å². The summed E-state index contributed by atoms with van der Waals surface area (Å²) in [6.45, 7) is 10.4. The maximum absolute atomic E-state index is 13.1. The van der Waals surface area contributed by atoms with Crippen molar-refractivity contribution in [3.63, 3.8) is 0 Å². The third-order valence-electron chi connectivity index (χ3n) is 6.81. The van der Waals surface area contributed by atoms with Crippen LogP contribution < -0.4 is 4.74 Å². The number of Topliss-reactive ketones (excluding diaryl/α,β-unsaturated/α-hetero) is 1. The molecule has 2 aliphatic rings. The van der Waals surface area contributed by atoms with Crippen LogP contribution in [0.25, 0.3) is 32.2 Å². The molecular formula is C29H30N2O3S. The lowest BCUT2D eigenvalue weighted by Gasteiger charge is -2.29. The zero-order chi connectivity index (χ0) is 24.5. The van der Waals surface area contributed by atoms with Gasteiger partial charge in [-0.2, -0.15) is 0 Å². The van der Waals surface area contributed by atoms with Gasteiger partial charge in [0.1, 0.15) is 11.9 Å². The highest BCUT2D eigenvalue weighted by Crippen LogP contribution is 2.49. The van der Waals surface area contributed by atoms with E-state index in [9.17, 15) is 4.79 Å². The monoisotopic (exact) mass is 486 g/mol. The summed E-state index contributed by atoms with van der Waals surface area (Å²) in [5.74, 6) is 1.43. The molecule has 0 radical (unpaired) electrons. The van der Waals surface area contributed by atoms with Gasteiger partial charge in [0.15, 0.2) is 5.78 Å². The maximum Gasteiger partial charge on any atom is 0.163 e. The molecule has 2 aromatic carbocycles. The van der Waals surface area contributed by atoms with Crippen LogP contribution in [0.5, 0.6) is 5.75 Å². The lowest BCUT2D eigenvalue weighted by Crippen LogP contribution is -2.27. The second-order valence-corrected chi connectivity index (χ2v) is 11.8. The first kappa shape index (κ1) is 22.6. The van der Waals surface area contributed by atoms with Crippen molar-refractivity contribution in [2.75, 3.05) is 6.61 Å². The molecule has 3 heterocycles. The van der Waals surface area contributed by atoms with Gasteiger partial charge in [-0.05, 0) is 82.9 Å². The molecule has 1 atom stereocenters. The van der Waals surface area contributed by atoms with E-state index in [1.807, 2.05) is 27.0 Å². The molecule has 1 fully saturated rings. The SMILES string of the molecule is CC(=O)[C@@H](OC(C)(C)C)c1c(C)cc2nc(C3CC3)sc2c1-c1ccc2c3c(ccnc13)CCO2. The molecule has 1 saturated carbocycles. The van der Waals surface area contributed by atoms with Crippen molar-refractivity contribution in [2.45, 2.75) is 71.5 Å². The first-order valence-corrected chi connectivity index (χ1v) is 13.2. The number of thiazole rings is 1. The summed E-state index contributed by atoms with van der Waals surface area (Å²) >= 11 is 1.76. The number of nitrogens with zero attached hydrogens (tertiary/aromatic N) is 2. The van der Waals surface area contributed by atoms with Crippen molar-refractivity contribution in [3.8, 4) is 16.9 Å². The number of rotatable bonds is 5. The Balaban J connectivity index is 1.71. The molecule has 180 valence electrons. The average molecular weight is 487 g/mol. The summed E-state index contributed by atoms with van der Waals surface area (Å²) in [6, 6.07) is 8.36. The first-order chi connectivity index (χ1) is 16.7. The lowest BCUT2D eigenvalue weighted by atomic mass is 9.88. The molecule has 0 N–H and O–H groups in total. The number of hydrogen-bond acceptors (Lipinski definition) is 6. The number of fused-ring (bicyclic) bond motifs is 1. The molecule has 0 saturated heterocycles. The van der Waals surface area contributed by atoms with Gasteiger partial charge in [0.25, 0.3) is 0 Å². The quantitative estimate of drug-likeness (QED) is 0.302. The predicted octanol–water partition coefficient (Wildman–Crippen LogP) is 7.08. The summed E-state index contributed by atoms with van der Waals surface area (Å²) in [6.07, 6.45) is 4.47. The molecule has 6 rings (SSSR count). The summed E-state index contributed by atoms with van der Waals surface area (Å²) in [5, 5.41) is 2.26. The van der Waals surface area contributed by atoms with Gasteiger partial charge in [0, 0.05) is 40.6 Å². The fourth-order valence-electron chi connectivity index (χ4n) is 5.14. The van der Waals surface area contributed by atoms with Gasteiger partial charge < -0.3 is 9.47 Å². The second kappa shape index (κ2) is 8.10. The zero-order valence-corrected chi connectivity index (χ0v) is 21.7. The average Bonchev–Trinajstić information content (AvgIpc) is 3.57. The number of carbonyl (C=O) groups excluding carboxylic acids is 1. The number of pyridine rings is 1. The van der Waals surface area contributed by atoms with E-state index in [2.05, 4.69) is 31.2 Å². The fraction of sp³-hybridized carbons (Fsp3) is 0.414. The Labute approximate surface area is 209 Å². The summed E-state index contributed by atoms with van der Waals surface area (Å²) < 4.78 is 13.5. The van der Waals surface area contributed by atoms with Crippen molar-refractivity contribution in [2.24, 2.45) is 0 Å². The molecule has 2 aromatic heterocycles. The fourth-order valence-corrected chi connectivity index (χ4v) is 6.43. The summed E-state index contributed by atoms with van der Waals surface area (Å²) in [5.41, 5.74) is 6.64. The third kappa shape index (κ3) is 3.93. The molecule has 4 aromatic rings. The van der Waals surface area contributed by atoms with E-state index < -0.39 is 11.7 Å². The normalized spacial score (nSPS) is 16.5. The lowest BCUT2D eigenvalue weighted by molar-refractivity contribution is -0.138. The number of hydrogen-bond donors (Lipinski definition) is 0. The zero-order valence-electron chi connectivity index (χ0n) is 20.9. The molecule has 6 heteroatoms. The Morgan fingerprint density at radius 2 is 2.03 bits per heavy atom. The molecule has 0 bridgehead atoms. The number of ether oxygens (including phenoxy) is 2. The molecule has 1 aliphatic heterocycles. The second-order valence-electron chi connectivity index (χ2n) is 10.8. The number of aryl methyl sites for hydroxylation is 1. The highest BCUT2D eigenvalue weighted by Gasteiger charge is 2.33. The van der Waals surface area contributed by atoms with E-state index in [0.29, 0.717) is 12.5 Å². The van der Waals surface area contributed by atoms with Gasteiger partial charge in [0.2, 0.25) is 0 Å². The minimum atomic E-state index is -0.678.